The van der Waals surface area contributed by atoms with Crippen molar-refractivity contribution in [1.29, 1.82) is 0 Å². The van der Waals surface area contributed by atoms with E-state index in [0.717, 1.165) is 0 Å². The van der Waals surface area contributed by atoms with Crippen LogP contribution < -0.4 is 16.2 Å². The molecule has 148 valence electrons. The van der Waals surface area contributed by atoms with Crippen LogP contribution in [0.2, 0.25) is 0 Å². The van der Waals surface area contributed by atoms with Crippen LogP contribution in [0.1, 0.15) is 33.0 Å². The van der Waals surface area contributed by atoms with E-state index in [1.165, 1.54) is 18.6 Å². The maximum absolute atomic E-state index is 13.6. The summed E-state index contributed by atoms with van der Waals surface area (Å²) < 4.78 is 47.6. The van der Waals surface area contributed by atoms with Crippen molar-refractivity contribution >= 4 is 22.8 Å². The first-order valence-electron chi connectivity index (χ1n) is 8.19. The topological polar surface area (TPSA) is 109 Å². The highest BCUT2D eigenvalue weighted by molar-refractivity contribution is 6.12. The SMILES string of the molecule is COc1ccc(C)c(-n2c(N)c(C(N)=O)c3c(C(F)(F)F)nc(C)nc32)c1C. The summed E-state index contributed by atoms with van der Waals surface area (Å²) in [7, 11) is 1.47. The van der Waals surface area contributed by atoms with Crippen molar-refractivity contribution in [3.63, 3.8) is 0 Å². The van der Waals surface area contributed by atoms with Crippen molar-refractivity contribution in [3.05, 3.63) is 40.3 Å². The number of aromatic nitrogens is 3. The highest BCUT2D eigenvalue weighted by atomic mass is 19.4. The molecule has 3 aromatic rings. The Balaban J connectivity index is 2.60. The van der Waals surface area contributed by atoms with Crippen molar-refractivity contribution in [2.24, 2.45) is 5.73 Å². The second-order valence-electron chi connectivity index (χ2n) is 6.33. The number of methoxy groups -OCH3 is 1. The molecule has 0 saturated heterocycles. The number of hydrogen-bond acceptors (Lipinski definition) is 5. The Morgan fingerprint density at radius 3 is 2.36 bits per heavy atom. The molecule has 0 aliphatic carbocycles. The molecule has 3 rings (SSSR count). The normalized spacial score (nSPS) is 11.8. The molecule has 1 amide bonds. The van der Waals surface area contributed by atoms with Gasteiger partial charge in [-0.2, -0.15) is 13.2 Å². The zero-order chi connectivity index (χ0) is 21.0. The second kappa shape index (κ2) is 6.39. The van der Waals surface area contributed by atoms with Crippen molar-refractivity contribution in [3.8, 4) is 11.4 Å². The maximum atomic E-state index is 13.6. The number of nitrogens with zero attached hydrogens (tertiary/aromatic N) is 3. The molecule has 7 nitrogen and oxygen atoms in total. The van der Waals surface area contributed by atoms with Crippen LogP contribution >= 0.6 is 0 Å². The van der Waals surface area contributed by atoms with Gasteiger partial charge in [-0.1, -0.05) is 6.07 Å². The Kier molecular flexibility index (Phi) is 4.44. The summed E-state index contributed by atoms with van der Waals surface area (Å²) in [5.41, 5.74) is 11.4. The molecule has 0 radical (unpaired) electrons. The fourth-order valence-corrected chi connectivity index (χ4v) is 3.37. The van der Waals surface area contributed by atoms with Crippen LogP contribution in [0.4, 0.5) is 19.0 Å². The second-order valence-corrected chi connectivity index (χ2v) is 6.33. The molecule has 28 heavy (non-hydrogen) atoms. The lowest BCUT2D eigenvalue weighted by atomic mass is 10.1. The van der Waals surface area contributed by atoms with Crippen LogP contribution in [0, 0.1) is 20.8 Å². The summed E-state index contributed by atoms with van der Waals surface area (Å²) in [6.45, 7) is 4.82. The molecule has 2 aromatic heterocycles. The number of nitrogen functional groups attached to an aromatic ring is 1. The van der Waals surface area contributed by atoms with Crippen molar-refractivity contribution in [1.82, 2.24) is 14.5 Å². The molecule has 0 unspecified atom stereocenters. The average molecular weight is 393 g/mol. The lowest BCUT2D eigenvalue weighted by Crippen LogP contribution is -2.16. The zero-order valence-corrected chi connectivity index (χ0v) is 15.6. The molecular formula is C18H18F3N5O2. The first-order valence-corrected chi connectivity index (χ1v) is 8.19. The minimum atomic E-state index is -4.83. The van der Waals surface area contributed by atoms with E-state index in [9.17, 15) is 18.0 Å². The minimum Gasteiger partial charge on any atom is -0.496 e. The van der Waals surface area contributed by atoms with E-state index < -0.39 is 28.7 Å². The number of benzene rings is 1. The van der Waals surface area contributed by atoms with Gasteiger partial charge in [0, 0.05) is 5.56 Å². The number of ether oxygens (including phenoxy) is 1. The number of alkyl halides is 3. The van der Waals surface area contributed by atoms with Crippen LogP contribution in [-0.4, -0.2) is 27.6 Å². The molecule has 0 fully saturated rings. The predicted octanol–water partition coefficient (Wildman–Crippen LogP) is 3.05. The lowest BCUT2D eigenvalue weighted by molar-refractivity contribution is -0.139. The molecule has 4 N–H and O–H groups in total. The number of halogens is 3. The Morgan fingerprint density at radius 2 is 1.82 bits per heavy atom. The Morgan fingerprint density at radius 1 is 1.18 bits per heavy atom. The van der Waals surface area contributed by atoms with Gasteiger partial charge < -0.3 is 16.2 Å². The molecule has 0 aliphatic heterocycles. The van der Waals surface area contributed by atoms with E-state index in [-0.39, 0.29) is 17.3 Å². The third-order valence-electron chi connectivity index (χ3n) is 4.50. The van der Waals surface area contributed by atoms with Crippen LogP contribution in [0.15, 0.2) is 12.1 Å². The molecule has 0 bridgehead atoms. The maximum Gasteiger partial charge on any atom is 0.434 e. The summed E-state index contributed by atoms with van der Waals surface area (Å²) in [5.74, 6) is -0.957. The number of primary amides is 1. The molecule has 0 saturated carbocycles. The molecule has 2 heterocycles. The monoisotopic (exact) mass is 393 g/mol. The van der Waals surface area contributed by atoms with Gasteiger partial charge in [0.25, 0.3) is 5.91 Å². The van der Waals surface area contributed by atoms with Gasteiger partial charge in [0.2, 0.25) is 0 Å². The summed E-state index contributed by atoms with van der Waals surface area (Å²) in [5, 5.41) is -0.523. The Bertz CT molecular complexity index is 1120. The lowest BCUT2D eigenvalue weighted by Gasteiger charge is -2.17. The number of rotatable bonds is 3. The fraction of sp³-hybridized carbons (Fsp3) is 0.278. The van der Waals surface area contributed by atoms with Crippen molar-refractivity contribution < 1.29 is 22.7 Å². The third-order valence-corrected chi connectivity index (χ3v) is 4.50. The number of fused-ring (bicyclic) bond motifs is 1. The molecule has 0 spiro atoms. The highest BCUT2D eigenvalue weighted by Gasteiger charge is 2.39. The van der Waals surface area contributed by atoms with Gasteiger partial charge in [-0.3, -0.25) is 9.36 Å². The quantitative estimate of drug-likeness (QED) is 0.711. The van der Waals surface area contributed by atoms with E-state index in [1.807, 2.05) is 0 Å². The number of anilines is 1. The van der Waals surface area contributed by atoms with Gasteiger partial charge >= 0.3 is 6.18 Å². The fourth-order valence-electron chi connectivity index (χ4n) is 3.37. The van der Waals surface area contributed by atoms with E-state index in [1.54, 1.807) is 26.0 Å². The number of carbonyl (C=O) groups excluding carboxylic acids is 1. The van der Waals surface area contributed by atoms with Gasteiger partial charge in [-0.15, -0.1) is 0 Å². The number of hydrogen-bond donors (Lipinski definition) is 2. The summed E-state index contributed by atoms with van der Waals surface area (Å²) >= 11 is 0. The van der Waals surface area contributed by atoms with E-state index in [4.69, 9.17) is 16.2 Å². The minimum absolute atomic E-state index is 0.118. The van der Waals surface area contributed by atoms with Crippen LogP contribution in [0.5, 0.6) is 5.75 Å². The van der Waals surface area contributed by atoms with Gasteiger partial charge in [-0.05, 0) is 32.4 Å². The molecule has 0 aliphatic rings. The van der Waals surface area contributed by atoms with Gasteiger partial charge in [0.15, 0.2) is 11.3 Å². The molecular weight excluding hydrogens is 375 g/mol. The first-order chi connectivity index (χ1) is 13.0. The van der Waals surface area contributed by atoms with Gasteiger partial charge in [0.1, 0.15) is 17.4 Å². The van der Waals surface area contributed by atoms with E-state index >= 15 is 0 Å². The molecule has 10 heteroatoms. The first kappa shape index (κ1) is 19.5. The number of carbonyl (C=O) groups is 1. The standard InChI is InChI=1S/C18H18F3N5O2/c1-7-5-6-10(28-4)8(2)13(7)26-15(22)12(16(23)27)11-14(18(19,20)21)24-9(3)25-17(11)26/h5-6H,22H2,1-4H3,(H2,23,27). The predicted molar refractivity (Wildman–Crippen MR) is 97.6 cm³/mol. The number of amides is 1. The molecule has 1 aromatic carbocycles. The van der Waals surface area contributed by atoms with E-state index in [2.05, 4.69) is 9.97 Å². The van der Waals surface area contributed by atoms with E-state index in [0.29, 0.717) is 22.6 Å². The van der Waals surface area contributed by atoms with Crippen molar-refractivity contribution in [2.45, 2.75) is 26.9 Å². The van der Waals surface area contributed by atoms with Crippen LogP contribution in [0.3, 0.4) is 0 Å². The number of nitrogens with two attached hydrogens (primary N) is 2. The zero-order valence-electron chi connectivity index (χ0n) is 15.6. The summed E-state index contributed by atoms with van der Waals surface area (Å²) in [4.78, 5) is 19.7. The molecule has 0 atom stereocenters. The largest absolute Gasteiger partial charge is 0.496 e. The highest BCUT2D eigenvalue weighted by Crippen LogP contribution is 2.40. The van der Waals surface area contributed by atoms with Crippen LogP contribution in [0.25, 0.3) is 16.7 Å². The third kappa shape index (κ3) is 2.81. The Labute approximate surface area is 158 Å². The summed E-state index contributed by atoms with van der Waals surface area (Å²) in [6.07, 6.45) is -4.83. The van der Waals surface area contributed by atoms with Gasteiger partial charge in [-0.25, -0.2) is 9.97 Å². The smallest absolute Gasteiger partial charge is 0.434 e. The number of aryl methyl sites for hydroxylation is 2. The van der Waals surface area contributed by atoms with Crippen LogP contribution in [-0.2, 0) is 6.18 Å². The average Bonchev–Trinajstić information content (AvgIpc) is 2.86. The van der Waals surface area contributed by atoms with Gasteiger partial charge in [0.05, 0.1) is 23.7 Å². The summed E-state index contributed by atoms with van der Waals surface area (Å²) in [6, 6.07) is 3.46. The Hall–Kier alpha value is -3.30. The van der Waals surface area contributed by atoms with Crippen molar-refractivity contribution in [2.75, 3.05) is 12.8 Å².